The van der Waals surface area contributed by atoms with Crippen LogP contribution < -0.4 is 4.31 Å². The van der Waals surface area contributed by atoms with Crippen LogP contribution in [0.2, 0.25) is 5.02 Å². The highest BCUT2D eigenvalue weighted by atomic mass is 35.5. The fourth-order valence-electron chi connectivity index (χ4n) is 2.36. The number of carbonyl (C=O) groups excluding carboxylic acids is 1. The third kappa shape index (κ3) is 4.99. The first-order valence-corrected chi connectivity index (χ1v) is 10.1. The lowest BCUT2D eigenvalue weighted by atomic mass is 10.1. The maximum Gasteiger partial charge on any atom is 0.327 e. The molecule has 0 fully saturated rings. The van der Waals surface area contributed by atoms with Gasteiger partial charge < -0.3 is 4.74 Å². The Balaban J connectivity index is 2.44. The summed E-state index contributed by atoms with van der Waals surface area (Å²) >= 11 is 5.85. The lowest BCUT2D eigenvalue weighted by Crippen LogP contribution is -2.37. The average Bonchev–Trinajstić information content (AvgIpc) is 2.59. The molecule has 2 rings (SSSR count). The molecule has 0 amide bonds. The first-order chi connectivity index (χ1) is 12.2. The van der Waals surface area contributed by atoms with E-state index in [0.717, 1.165) is 16.3 Å². The number of hydrogen-bond donors (Lipinski definition) is 0. The van der Waals surface area contributed by atoms with Gasteiger partial charge in [0.25, 0.3) is 10.0 Å². The molecule has 0 saturated carbocycles. The molecule has 0 radical (unpaired) electrons. The van der Waals surface area contributed by atoms with E-state index < -0.39 is 22.5 Å². The van der Waals surface area contributed by atoms with Gasteiger partial charge in [0, 0.05) is 5.02 Å². The summed E-state index contributed by atoms with van der Waals surface area (Å²) in [6, 6.07) is 12.9. The number of aryl methyl sites for hydroxylation is 1. The highest BCUT2D eigenvalue weighted by molar-refractivity contribution is 7.92. The van der Waals surface area contributed by atoms with Gasteiger partial charge in [-0.05, 0) is 62.2 Å². The van der Waals surface area contributed by atoms with Crippen LogP contribution >= 0.6 is 11.6 Å². The Morgan fingerprint density at radius 1 is 1.08 bits per heavy atom. The number of carbonyl (C=O) groups is 1. The molecule has 5 nitrogen and oxygen atoms in total. The highest BCUT2D eigenvalue weighted by Crippen LogP contribution is 2.25. The van der Waals surface area contributed by atoms with Gasteiger partial charge in [0.15, 0.2) is 0 Å². The summed E-state index contributed by atoms with van der Waals surface area (Å²) in [7, 11) is -3.95. The van der Waals surface area contributed by atoms with Gasteiger partial charge in [0.05, 0.1) is 16.7 Å². The number of nitrogens with zero attached hydrogens (tertiary/aromatic N) is 1. The summed E-state index contributed by atoms with van der Waals surface area (Å²) in [4.78, 5) is 12.2. The zero-order chi connectivity index (χ0) is 19.3. The third-order valence-corrected chi connectivity index (χ3v) is 5.71. The summed E-state index contributed by atoms with van der Waals surface area (Å²) in [5.41, 5.74) is 1.47. The van der Waals surface area contributed by atoms with E-state index in [2.05, 4.69) is 0 Å². The summed E-state index contributed by atoms with van der Waals surface area (Å²) in [6.45, 7) is 5.03. The lowest BCUT2D eigenvalue weighted by molar-refractivity contribution is -0.145. The molecule has 2 aromatic rings. The van der Waals surface area contributed by atoms with Crippen LogP contribution in [0.1, 0.15) is 26.3 Å². The number of rotatable bonds is 7. The molecule has 0 spiro atoms. The highest BCUT2D eigenvalue weighted by Gasteiger charge is 2.28. The summed E-state index contributed by atoms with van der Waals surface area (Å²) in [5.74, 6) is -0.614. The SMILES string of the molecule is CCc1ccc(N(CC(=O)OC(C)C)S(=O)(=O)c2ccc(Cl)cc2)cc1. The van der Waals surface area contributed by atoms with Gasteiger partial charge in [0.1, 0.15) is 6.54 Å². The fraction of sp³-hybridized carbons (Fsp3) is 0.316. The van der Waals surface area contributed by atoms with E-state index in [4.69, 9.17) is 16.3 Å². The maximum absolute atomic E-state index is 13.1. The van der Waals surface area contributed by atoms with Crippen LogP contribution in [0.4, 0.5) is 5.69 Å². The van der Waals surface area contributed by atoms with Gasteiger partial charge in [-0.3, -0.25) is 9.10 Å². The minimum Gasteiger partial charge on any atom is -0.462 e. The quantitative estimate of drug-likeness (QED) is 0.663. The largest absolute Gasteiger partial charge is 0.462 e. The van der Waals surface area contributed by atoms with Crippen LogP contribution in [0, 0.1) is 0 Å². The molecule has 0 saturated heterocycles. The predicted octanol–water partition coefficient (Wildman–Crippen LogP) is 4.05. The molecule has 140 valence electrons. The number of anilines is 1. The first-order valence-electron chi connectivity index (χ1n) is 8.30. The summed E-state index contributed by atoms with van der Waals surface area (Å²) in [6.07, 6.45) is 0.504. The summed E-state index contributed by atoms with van der Waals surface area (Å²) < 4.78 is 32.4. The Labute approximate surface area is 159 Å². The second kappa shape index (κ2) is 8.56. The van der Waals surface area contributed by atoms with Gasteiger partial charge in [-0.1, -0.05) is 30.7 Å². The Kier molecular flexibility index (Phi) is 6.67. The van der Waals surface area contributed by atoms with Crippen LogP contribution in [0.15, 0.2) is 53.4 Å². The molecule has 0 aliphatic carbocycles. The lowest BCUT2D eigenvalue weighted by Gasteiger charge is -2.24. The molecular formula is C19H22ClNO4S. The molecule has 26 heavy (non-hydrogen) atoms. The number of halogens is 1. The number of sulfonamides is 1. The van der Waals surface area contributed by atoms with Gasteiger partial charge in [-0.2, -0.15) is 0 Å². The molecule has 0 aliphatic heterocycles. The number of hydrogen-bond acceptors (Lipinski definition) is 4. The van der Waals surface area contributed by atoms with Crippen molar-refractivity contribution in [2.45, 2.75) is 38.2 Å². The fourth-order valence-corrected chi connectivity index (χ4v) is 3.90. The van der Waals surface area contributed by atoms with Crippen molar-refractivity contribution in [3.05, 3.63) is 59.1 Å². The Hall–Kier alpha value is -2.05. The summed E-state index contributed by atoms with van der Waals surface area (Å²) in [5, 5.41) is 0.432. The van der Waals surface area contributed by atoms with Crippen molar-refractivity contribution in [2.24, 2.45) is 0 Å². The smallest absolute Gasteiger partial charge is 0.327 e. The third-order valence-electron chi connectivity index (χ3n) is 3.67. The predicted molar refractivity (Wildman–Crippen MR) is 103 cm³/mol. The minimum atomic E-state index is -3.95. The van der Waals surface area contributed by atoms with Gasteiger partial charge in [-0.25, -0.2) is 8.42 Å². The van der Waals surface area contributed by atoms with E-state index in [0.29, 0.717) is 10.7 Å². The number of ether oxygens (including phenoxy) is 1. The first kappa shape index (κ1) is 20.3. The molecule has 0 aromatic heterocycles. The second-order valence-corrected chi connectivity index (χ2v) is 8.32. The van der Waals surface area contributed by atoms with Crippen molar-refractivity contribution in [1.29, 1.82) is 0 Å². The van der Waals surface area contributed by atoms with Crippen molar-refractivity contribution >= 4 is 33.3 Å². The van der Waals surface area contributed by atoms with E-state index in [1.807, 2.05) is 19.1 Å². The zero-order valence-corrected chi connectivity index (χ0v) is 16.5. The number of esters is 1. The topological polar surface area (TPSA) is 63.7 Å². The molecule has 7 heteroatoms. The average molecular weight is 396 g/mol. The van der Waals surface area contributed by atoms with Crippen LogP contribution in [0.3, 0.4) is 0 Å². The molecule has 0 atom stereocenters. The second-order valence-electron chi connectivity index (χ2n) is 6.02. The minimum absolute atomic E-state index is 0.0545. The molecule has 0 heterocycles. The zero-order valence-electron chi connectivity index (χ0n) is 15.0. The van der Waals surface area contributed by atoms with Crippen molar-refractivity contribution < 1.29 is 17.9 Å². The number of benzene rings is 2. The van der Waals surface area contributed by atoms with Crippen molar-refractivity contribution in [3.8, 4) is 0 Å². The van der Waals surface area contributed by atoms with Gasteiger partial charge in [0.2, 0.25) is 0 Å². The van der Waals surface area contributed by atoms with Crippen LogP contribution in [0.25, 0.3) is 0 Å². The Bertz CT molecular complexity index is 846. The van der Waals surface area contributed by atoms with Gasteiger partial charge >= 0.3 is 5.97 Å². The van der Waals surface area contributed by atoms with E-state index >= 15 is 0 Å². The molecule has 2 aromatic carbocycles. The molecule has 0 aliphatic rings. The molecular weight excluding hydrogens is 374 g/mol. The van der Waals surface area contributed by atoms with Crippen LogP contribution in [-0.4, -0.2) is 27.0 Å². The monoisotopic (exact) mass is 395 g/mol. The van der Waals surface area contributed by atoms with Crippen molar-refractivity contribution in [3.63, 3.8) is 0 Å². The normalized spacial score (nSPS) is 11.4. The maximum atomic E-state index is 13.1. The Morgan fingerprint density at radius 2 is 1.65 bits per heavy atom. The Morgan fingerprint density at radius 3 is 2.15 bits per heavy atom. The molecule has 0 bridgehead atoms. The molecule has 0 unspecified atom stereocenters. The van der Waals surface area contributed by atoms with Gasteiger partial charge in [-0.15, -0.1) is 0 Å². The standard InChI is InChI=1S/C19H22ClNO4S/c1-4-15-5-9-17(10-6-15)21(13-19(22)25-14(2)3)26(23,24)18-11-7-16(20)8-12-18/h5-12,14H,4,13H2,1-3H3. The van der Waals surface area contributed by atoms with Crippen molar-refractivity contribution in [1.82, 2.24) is 0 Å². The van der Waals surface area contributed by atoms with E-state index in [-0.39, 0.29) is 11.0 Å². The molecule has 0 N–H and O–H groups in total. The van der Waals surface area contributed by atoms with Crippen LogP contribution in [0.5, 0.6) is 0 Å². The van der Waals surface area contributed by atoms with E-state index in [9.17, 15) is 13.2 Å². The van der Waals surface area contributed by atoms with Crippen molar-refractivity contribution in [2.75, 3.05) is 10.8 Å². The van der Waals surface area contributed by atoms with E-state index in [1.165, 1.54) is 24.3 Å². The van der Waals surface area contributed by atoms with E-state index in [1.54, 1.807) is 26.0 Å². The van der Waals surface area contributed by atoms with Crippen LogP contribution in [-0.2, 0) is 26.0 Å².